The van der Waals surface area contributed by atoms with E-state index in [1.165, 1.54) is 6.07 Å². The number of halogens is 2. The van der Waals surface area contributed by atoms with Crippen molar-refractivity contribution in [3.63, 3.8) is 0 Å². The lowest BCUT2D eigenvalue weighted by Crippen LogP contribution is -2.36. The van der Waals surface area contributed by atoms with Crippen molar-refractivity contribution < 1.29 is 14.2 Å². The van der Waals surface area contributed by atoms with E-state index in [4.69, 9.17) is 16.3 Å². The molecule has 18 heavy (non-hydrogen) atoms. The first-order chi connectivity index (χ1) is 8.66. The Morgan fingerprint density at radius 2 is 2.06 bits per heavy atom. The van der Waals surface area contributed by atoms with E-state index in [1.807, 2.05) is 0 Å². The van der Waals surface area contributed by atoms with Gasteiger partial charge in [-0.05, 0) is 37.1 Å². The van der Waals surface area contributed by atoms with Crippen LogP contribution in [0.25, 0.3) is 0 Å². The van der Waals surface area contributed by atoms with E-state index in [9.17, 15) is 9.50 Å². The monoisotopic (exact) mass is 273 g/mol. The van der Waals surface area contributed by atoms with Gasteiger partial charge in [-0.15, -0.1) is 0 Å². The number of aryl methyl sites for hydroxylation is 1. The lowest BCUT2D eigenvalue weighted by atomic mass is 10.1. The predicted molar refractivity (Wildman–Crippen MR) is 68.7 cm³/mol. The first kappa shape index (κ1) is 13.6. The van der Waals surface area contributed by atoms with Crippen LogP contribution in [-0.2, 0) is 11.2 Å². The largest absolute Gasteiger partial charge is 0.506 e. The molecule has 1 aromatic rings. The second-order valence-corrected chi connectivity index (χ2v) is 4.86. The molecular formula is C13H17ClFNO2. The van der Waals surface area contributed by atoms with E-state index in [-0.39, 0.29) is 10.8 Å². The Balaban J connectivity index is 1.86. The SMILES string of the molecule is Oc1c(Cl)cc(F)cc1CCCN1CCOCC1. The third kappa shape index (κ3) is 3.57. The third-order valence-electron chi connectivity index (χ3n) is 3.13. The average molecular weight is 274 g/mol. The van der Waals surface area contributed by atoms with Gasteiger partial charge in [0.15, 0.2) is 0 Å². The molecule has 1 aromatic carbocycles. The van der Waals surface area contributed by atoms with Crippen LogP contribution in [0.5, 0.6) is 5.75 Å². The minimum Gasteiger partial charge on any atom is -0.506 e. The van der Waals surface area contributed by atoms with Gasteiger partial charge < -0.3 is 9.84 Å². The standard InChI is InChI=1S/C13H17ClFNO2/c14-12-9-11(15)8-10(13(12)17)2-1-3-16-4-6-18-7-5-16/h8-9,17H,1-7H2. The van der Waals surface area contributed by atoms with E-state index in [0.29, 0.717) is 12.0 Å². The van der Waals surface area contributed by atoms with E-state index in [0.717, 1.165) is 45.3 Å². The first-order valence-electron chi connectivity index (χ1n) is 6.14. The van der Waals surface area contributed by atoms with Gasteiger partial charge >= 0.3 is 0 Å². The molecule has 1 fully saturated rings. The fraction of sp³-hybridized carbons (Fsp3) is 0.538. The van der Waals surface area contributed by atoms with Crippen molar-refractivity contribution in [1.82, 2.24) is 4.90 Å². The molecule has 0 aromatic heterocycles. The van der Waals surface area contributed by atoms with Gasteiger partial charge in [-0.25, -0.2) is 4.39 Å². The van der Waals surface area contributed by atoms with Crippen LogP contribution in [-0.4, -0.2) is 42.9 Å². The Hall–Kier alpha value is -0.840. The zero-order chi connectivity index (χ0) is 13.0. The highest BCUT2D eigenvalue weighted by atomic mass is 35.5. The van der Waals surface area contributed by atoms with Crippen molar-refractivity contribution in [3.8, 4) is 5.75 Å². The number of aromatic hydroxyl groups is 1. The number of phenols is 1. The van der Waals surface area contributed by atoms with Gasteiger partial charge in [0.05, 0.1) is 18.2 Å². The summed E-state index contributed by atoms with van der Waals surface area (Å²) in [5.74, 6) is -0.404. The number of rotatable bonds is 4. The molecule has 0 saturated carbocycles. The van der Waals surface area contributed by atoms with Gasteiger partial charge in [-0.3, -0.25) is 4.90 Å². The smallest absolute Gasteiger partial charge is 0.137 e. The van der Waals surface area contributed by atoms with Crippen LogP contribution in [0.15, 0.2) is 12.1 Å². The molecule has 1 aliphatic heterocycles. The van der Waals surface area contributed by atoms with Crippen LogP contribution in [0.4, 0.5) is 4.39 Å². The molecule has 0 bridgehead atoms. The zero-order valence-electron chi connectivity index (χ0n) is 10.2. The second kappa shape index (κ2) is 6.36. The summed E-state index contributed by atoms with van der Waals surface area (Å²) in [6.45, 7) is 4.36. The highest BCUT2D eigenvalue weighted by Crippen LogP contribution is 2.29. The van der Waals surface area contributed by atoms with Crippen molar-refractivity contribution in [2.45, 2.75) is 12.8 Å². The summed E-state index contributed by atoms with van der Waals surface area (Å²) in [5.41, 5.74) is 0.577. The Kier molecular flexibility index (Phi) is 4.80. The van der Waals surface area contributed by atoms with E-state index in [2.05, 4.69) is 4.90 Å². The molecule has 0 amide bonds. The van der Waals surface area contributed by atoms with Crippen molar-refractivity contribution >= 4 is 11.6 Å². The maximum Gasteiger partial charge on any atom is 0.137 e. The molecule has 0 spiro atoms. The normalized spacial score (nSPS) is 17.0. The van der Waals surface area contributed by atoms with Crippen LogP contribution >= 0.6 is 11.6 Å². The highest BCUT2D eigenvalue weighted by Gasteiger charge is 2.12. The lowest BCUT2D eigenvalue weighted by Gasteiger charge is -2.26. The van der Waals surface area contributed by atoms with E-state index < -0.39 is 5.82 Å². The molecule has 3 nitrogen and oxygen atoms in total. The Morgan fingerprint density at radius 1 is 1.33 bits per heavy atom. The van der Waals surface area contributed by atoms with Crippen molar-refractivity contribution in [2.24, 2.45) is 0 Å². The van der Waals surface area contributed by atoms with Gasteiger partial charge in [-0.2, -0.15) is 0 Å². The molecular weight excluding hydrogens is 257 g/mol. The lowest BCUT2D eigenvalue weighted by molar-refractivity contribution is 0.0374. The number of hydrogen-bond acceptors (Lipinski definition) is 3. The maximum atomic E-state index is 13.2. The summed E-state index contributed by atoms with van der Waals surface area (Å²) >= 11 is 5.73. The molecule has 1 aliphatic rings. The van der Waals surface area contributed by atoms with Crippen molar-refractivity contribution in [1.29, 1.82) is 0 Å². The quantitative estimate of drug-likeness (QED) is 0.915. The van der Waals surface area contributed by atoms with Gasteiger partial charge in [0.1, 0.15) is 11.6 Å². The van der Waals surface area contributed by atoms with Crippen LogP contribution in [0.3, 0.4) is 0 Å². The van der Waals surface area contributed by atoms with Crippen LogP contribution in [0.1, 0.15) is 12.0 Å². The Bertz CT molecular complexity index is 408. The second-order valence-electron chi connectivity index (χ2n) is 4.45. The molecule has 0 unspecified atom stereocenters. The summed E-state index contributed by atoms with van der Waals surface area (Å²) in [7, 11) is 0. The molecule has 0 aliphatic carbocycles. The Morgan fingerprint density at radius 3 is 2.78 bits per heavy atom. The Labute approximate surface area is 111 Å². The zero-order valence-corrected chi connectivity index (χ0v) is 10.9. The van der Waals surface area contributed by atoms with Crippen LogP contribution < -0.4 is 0 Å². The molecule has 1 N–H and O–H groups in total. The van der Waals surface area contributed by atoms with Crippen LogP contribution in [0, 0.1) is 5.82 Å². The summed E-state index contributed by atoms with van der Waals surface area (Å²) < 4.78 is 18.4. The van der Waals surface area contributed by atoms with Gasteiger partial charge in [-0.1, -0.05) is 11.6 Å². The minimum absolute atomic E-state index is 0.0000409. The van der Waals surface area contributed by atoms with Gasteiger partial charge in [0.2, 0.25) is 0 Å². The topological polar surface area (TPSA) is 32.7 Å². The summed E-state index contributed by atoms with van der Waals surface area (Å²) in [4.78, 5) is 2.31. The summed E-state index contributed by atoms with van der Waals surface area (Å²) in [6, 6.07) is 2.48. The van der Waals surface area contributed by atoms with Crippen molar-refractivity contribution in [3.05, 3.63) is 28.5 Å². The number of phenolic OH excluding ortho intramolecular Hbond substituents is 1. The van der Waals surface area contributed by atoms with Gasteiger partial charge in [0, 0.05) is 13.1 Å². The molecule has 1 saturated heterocycles. The molecule has 0 radical (unpaired) electrons. The number of benzene rings is 1. The number of hydrogen-bond donors (Lipinski definition) is 1. The van der Waals surface area contributed by atoms with Crippen molar-refractivity contribution in [2.75, 3.05) is 32.8 Å². The third-order valence-corrected chi connectivity index (χ3v) is 3.42. The number of morpholine rings is 1. The number of ether oxygens (including phenoxy) is 1. The number of nitrogens with zero attached hydrogens (tertiary/aromatic N) is 1. The molecule has 5 heteroatoms. The van der Waals surface area contributed by atoms with Crippen LogP contribution in [0.2, 0.25) is 5.02 Å². The summed E-state index contributed by atoms with van der Waals surface area (Å²) in [5, 5.41) is 9.81. The fourth-order valence-electron chi connectivity index (χ4n) is 2.13. The average Bonchev–Trinajstić information content (AvgIpc) is 2.36. The van der Waals surface area contributed by atoms with E-state index in [1.54, 1.807) is 0 Å². The minimum atomic E-state index is -0.404. The molecule has 1 heterocycles. The van der Waals surface area contributed by atoms with E-state index >= 15 is 0 Å². The maximum absolute atomic E-state index is 13.2. The highest BCUT2D eigenvalue weighted by molar-refractivity contribution is 6.32. The molecule has 100 valence electrons. The predicted octanol–water partition coefficient (Wildman–Crippen LogP) is 2.45. The molecule has 2 rings (SSSR count). The van der Waals surface area contributed by atoms with Gasteiger partial charge in [0.25, 0.3) is 0 Å². The summed E-state index contributed by atoms with van der Waals surface area (Å²) in [6.07, 6.45) is 1.49. The first-order valence-corrected chi connectivity index (χ1v) is 6.51. The molecule has 0 atom stereocenters. The fourth-order valence-corrected chi connectivity index (χ4v) is 2.35.